The molecule has 3 aromatic heterocycles. The van der Waals surface area contributed by atoms with Crippen LogP contribution in [0.1, 0.15) is 0 Å². The molecule has 0 spiro atoms. The van der Waals surface area contributed by atoms with E-state index in [-0.39, 0.29) is 0 Å². The van der Waals surface area contributed by atoms with Gasteiger partial charge in [-0.25, -0.2) is 0 Å². The number of hydrogen-bond acceptors (Lipinski definition) is 2. The molecule has 9 aromatic carbocycles. The largest absolute Gasteiger partial charge is 0.464 e. The number of aromatic nitrogens is 1. The maximum absolute atomic E-state index is 6.81. The fourth-order valence-corrected chi connectivity index (χ4v) is 9.08. The average Bonchev–Trinajstić information content (AvgIpc) is 3.95. The van der Waals surface area contributed by atoms with Crippen molar-refractivity contribution in [2.24, 2.45) is 0 Å². The van der Waals surface area contributed by atoms with Gasteiger partial charge in [0.2, 0.25) is 0 Å². The Morgan fingerprint density at radius 3 is 1.64 bits per heavy atom. The van der Waals surface area contributed by atoms with E-state index in [1.54, 1.807) is 0 Å². The fraction of sp³-hybridized carbons (Fsp3) is 0. The molecule has 0 bridgehead atoms. The predicted molar refractivity (Wildman–Crippen MR) is 229 cm³/mol. The van der Waals surface area contributed by atoms with Gasteiger partial charge < -0.3 is 13.4 Å². The summed E-state index contributed by atoms with van der Waals surface area (Å²) < 4.78 is 15.2. The van der Waals surface area contributed by atoms with Gasteiger partial charge in [-0.3, -0.25) is 0 Å². The second-order valence-corrected chi connectivity index (χ2v) is 14.4. The number of benzene rings is 9. The summed E-state index contributed by atoms with van der Waals surface area (Å²) in [6.07, 6.45) is 1.84. The normalized spacial score (nSPS) is 12.0. The van der Waals surface area contributed by atoms with Gasteiger partial charge in [0.15, 0.2) is 0 Å². The van der Waals surface area contributed by atoms with Crippen molar-refractivity contribution in [2.45, 2.75) is 0 Å². The van der Waals surface area contributed by atoms with E-state index in [9.17, 15) is 0 Å². The maximum atomic E-state index is 6.81. The summed E-state index contributed by atoms with van der Waals surface area (Å²) in [5.74, 6) is 0. The van der Waals surface area contributed by atoms with Crippen molar-refractivity contribution >= 4 is 76.3 Å². The highest BCUT2D eigenvalue weighted by Gasteiger charge is 2.21. The molecular weight excluding hydrogens is 671 g/mol. The number of para-hydroxylation sites is 2. The molecule has 0 aliphatic heterocycles. The lowest BCUT2D eigenvalue weighted by Crippen LogP contribution is -1.93. The molecule has 0 amide bonds. The Labute approximate surface area is 315 Å². The Hall–Kier alpha value is -7.36. The van der Waals surface area contributed by atoms with Crippen molar-refractivity contribution in [1.29, 1.82) is 0 Å². The second-order valence-electron chi connectivity index (χ2n) is 14.4. The molecule has 0 atom stereocenters. The highest BCUT2D eigenvalue weighted by Crippen LogP contribution is 2.47. The average molecular weight is 702 g/mol. The summed E-state index contributed by atoms with van der Waals surface area (Å²) in [5, 5.41) is 10.5. The molecule has 3 heteroatoms. The minimum absolute atomic E-state index is 0.820. The van der Waals surface area contributed by atoms with Crippen molar-refractivity contribution in [2.75, 3.05) is 0 Å². The molecule has 3 heterocycles. The van der Waals surface area contributed by atoms with Crippen LogP contribution in [0.3, 0.4) is 0 Å². The lowest BCUT2D eigenvalue weighted by atomic mass is 9.85. The summed E-state index contributed by atoms with van der Waals surface area (Å²) in [4.78, 5) is 0. The standard InChI is InChI=1S/C52H31NO2/c1-3-13-32(14-4-1)44-31-54-47-28-26-42-37-25-23-34(30-48(37)55-52(42)51(44)47)50-40-20-9-7-18-38(40)49(39-19-8-10-21-41(39)50)33-24-27-46-43(29-33)36-17-11-12-22-45(36)53(46)35-15-5-2-6-16-35/h1-31H. The topological polar surface area (TPSA) is 31.2 Å². The summed E-state index contributed by atoms with van der Waals surface area (Å²) in [5.41, 5.74) is 13.0. The third-order valence-electron chi connectivity index (χ3n) is 11.5. The van der Waals surface area contributed by atoms with E-state index in [1.165, 1.54) is 60.0 Å². The van der Waals surface area contributed by atoms with Crippen molar-refractivity contribution in [1.82, 2.24) is 4.57 Å². The first-order chi connectivity index (χ1) is 27.3. The van der Waals surface area contributed by atoms with Crippen LogP contribution in [0.2, 0.25) is 0 Å². The van der Waals surface area contributed by atoms with Crippen LogP contribution < -0.4 is 0 Å². The predicted octanol–water partition coefficient (Wildman–Crippen LogP) is 14.7. The van der Waals surface area contributed by atoms with Crippen LogP contribution in [0.4, 0.5) is 0 Å². The smallest absolute Gasteiger partial charge is 0.147 e. The summed E-state index contributed by atoms with van der Waals surface area (Å²) in [6.45, 7) is 0. The summed E-state index contributed by atoms with van der Waals surface area (Å²) >= 11 is 0. The number of hydrogen-bond donors (Lipinski definition) is 0. The summed E-state index contributed by atoms with van der Waals surface area (Å²) in [7, 11) is 0. The van der Waals surface area contributed by atoms with E-state index in [0.717, 1.165) is 55.3 Å². The molecular formula is C52H31NO2. The van der Waals surface area contributed by atoms with Crippen LogP contribution in [0.25, 0.3) is 115 Å². The molecule has 0 aliphatic carbocycles. The fourth-order valence-electron chi connectivity index (χ4n) is 9.08. The Bertz CT molecular complexity index is 3420. The van der Waals surface area contributed by atoms with E-state index in [2.05, 4.69) is 180 Å². The van der Waals surface area contributed by atoms with E-state index in [0.29, 0.717) is 0 Å². The quantitative estimate of drug-likeness (QED) is 0.171. The molecule has 12 aromatic rings. The van der Waals surface area contributed by atoms with Crippen molar-refractivity contribution in [3.63, 3.8) is 0 Å². The number of furan rings is 2. The lowest BCUT2D eigenvalue weighted by Gasteiger charge is -2.18. The van der Waals surface area contributed by atoms with E-state index >= 15 is 0 Å². The third-order valence-corrected chi connectivity index (χ3v) is 11.5. The molecule has 0 radical (unpaired) electrons. The van der Waals surface area contributed by atoms with Gasteiger partial charge in [-0.15, -0.1) is 0 Å². The molecule has 3 nitrogen and oxygen atoms in total. The van der Waals surface area contributed by atoms with Gasteiger partial charge in [-0.1, -0.05) is 127 Å². The second kappa shape index (κ2) is 11.6. The van der Waals surface area contributed by atoms with Crippen molar-refractivity contribution in [3.8, 4) is 39.1 Å². The van der Waals surface area contributed by atoms with E-state index in [1.807, 2.05) is 12.3 Å². The van der Waals surface area contributed by atoms with Gasteiger partial charge in [-0.05, 0) is 104 Å². The SMILES string of the molecule is c1ccc(-c2coc3ccc4c5ccc(-c6c7ccccc7c(-c7ccc8c(c7)c7ccccc7n8-c7ccccc7)c7ccccc67)cc5oc4c23)cc1. The van der Waals surface area contributed by atoms with Gasteiger partial charge in [0.05, 0.1) is 22.7 Å². The zero-order valence-electron chi connectivity index (χ0n) is 29.7. The molecule has 55 heavy (non-hydrogen) atoms. The zero-order valence-corrected chi connectivity index (χ0v) is 29.7. The molecule has 0 fully saturated rings. The molecule has 0 N–H and O–H groups in total. The summed E-state index contributed by atoms with van der Waals surface area (Å²) in [6, 6.07) is 65.4. The Morgan fingerprint density at radius 1 is 0.364 bits per heavy atom. The first-order valence-electron chi connectivity index (χ1n) is 18.7. The van der Waals surface area contributed by atoms with Crippen LogP contribution in [0, 0.1) is 0 Å². The highest BCUT2D eigenvalue weighted by atomic mass is 16.3. The van der Waals surface area contributed by atoms with Crippen molar-refractivity contribution < 1.29 is 8.83 Å². The minimum atomic E-state index is 0.820. The molecule has 256 valence electrons. The first kappa shape index (κ1) is 30.1. The van der Waals surface area contributed by atoms with Crippen LogP contribution in [0.15, 0.2) is 197 Å². The van der Waals surface area contributed by atoms with Crippen LogP contribution in [0.5, 0.6) is 0 Å². The highest BCUT2D eigenvalue weighted by molar-refractivity contribution is 6.24. The van der Waals surface area contributed by atoms with Gasteiger partial charge >= 0.3 is 0 Å². The van der Waals surface area contributed by atoms with E-state index in [4.69, 9.17) is 8.83 Å². The number of rotatable bonds is 4. The molecule has 0 unspecified atom stereocenters. The van der Waals surface area contributed by atoms with Gasteiger partial charge in [0.1, 0.15) is 16.7 Å². The van der Waals surface area contributed by atoms with Crippen LogP contribution in [-0.4, -0.2) is 4.57 Å². The molecule has 0 aliphatic rings. The van der Waals surface area contributed by atoms with E-state index < -0.39 is 0 Å². The molecule has 0 saturated heterocycles. The lowest BCUT2D eigenvalue weighted by molar-refractivity contribution is 0.616. The van der Waals surface area contributed by atoms with Crippen LogP contribution >= 0.6 is 0 Å². The van der Waals surface area contributed by atoms with Gasteiger partial charge in [0, 0.05) is 32.8 Å². The Morgan fingerprint density at radius 2 is 0.927 bits per heavy atom. The Balaban J connectivity index is 1.09. The third kappa shape index (κ3) is 4.38. The Kier molecular flexibility index (Phi) is 6.34. The zero-order chi connectivity index (χ0) is 36.0. The van der Waals surface area contributed by atoms with Crippen LogP contribution in [-0.2, 0) is 0 Å². The van der Waals surface area contributed by atoms with Crippen molar-refractivity contribution in [3.05, 3.63) is 188 Å². The van der Waals surface area contributed by atoms with Gasteiger partial charge in [0.25, 0.3) is 0 Å². The molecule has 0 saturated carbocycles. The number of nitrogens with zero attached hydrogens (tertiary/aromatic N) is 1. The maximum Gasteiger partial charge on any atom is 0.147 e. The monoisotopic (exact) mass is 701 g/mol. The minimum Gasteiger partial charge on any atom is -0.464 e. The molecule has 12 rings (SSSR count). The van der Waals surface area contributed by atoms with Gasteiger partial charge in [-0.2, -0.15) is 0 Å². The first-order valence-corrected chi connectivity index (χ1v) is 18.7. The number of fused-ring (bicyclic) bond motifs is 10.